The lowest BCUT2D eigenvalue weighted by Gasteiger charge is -2.24. The number of ketones is 1. The van der Waals surface area contributed by atoms with Crippen molar-refractivity contribution >= 4 is 40.1 Å². The number of benzene rings is 1. The first-order valence-electron chi connectivity index (χ1n) is 11.4. The smallest absolute Gasteiger partial charge is 0.268 e. The molecule has 2 fully saturated rings. The molecule has 1 heterocycles. The Morgan fingerprint density at radius 3 is 2.70 bits per heavy atom. The van der Waals surface area contributed by atoms with Crippen molar-refractivity contribution in [3.05, 3.63) is 34.7 Å². The van der Waals surface area contributed by atoms with Crippen molar-refractivity contribution < 1.29 is 18.8 Å². The average molecular weight is 473 g/mol. The molecule has 2 aliphatic carbocycles. The van der Waals surface area contributed by atoms with Crippen molar-refractivity contribution in [3.63, 3.8) is 0 Å². The van der Waals surface area contributed by atoms with Crippen molar-refractivity contribution in [1.29, 1.82) is 5.26 Å². The van der Waals surface area contributed by atoms with Gasteiger partial charge in [-0.2, -0.15) is 5.26 Å². The topological polar surface area (TPSA) is 115 Å². The second-order valence-electron chi connectivity index (χ2n) is 9.05. The normalized spacial score (nSPS) is 20.2. The van der Waals surface area contributed by atoms with E-state index in [0.29, 0.717) is 29.7 Å². The van der Waals surface area contributed by atoms with Crippen molar-refractivity contribution in [3.8, 4) is 6.07 Å². The van der Waals surface area contributed by atoms with Crippen LogP contribution in [-0.4, -0.2) is 34.7 Å². The van der Waals surface area contributed by atoms with E-state index in [4.69, 9.17) is 11.6 Å². The molecular formula is C24H26ClFN4O3. The van der Waals surface area contributed by atoms with E-state index >= 15 is 0 Å². The van der Waals surface area contributed by atoms with Gasteiger partial charge in [-0.3, -0.25) is 14.4 Å². The minimum atomic E-state index is -0.818. The number of halogens is 2. The number of nitrogens with zero attached hydrogens (tertiary/aromatic N) is 1. The van der Waals surface area contributed by atoms with Gasteiger partial charge in [0.2, 0.25) is 5.91 Å². The molecule has 0 saturated heterocycles. The van der Waals surface area contributed by atoms with Crippen LogP contribution in [0.4, 0.5) is 4.39 Å². The van der Waals surface area contributed by atoms with Crippen LogP contribution in [0.15, 0.2) is 18.2 Å². The molecular weight excluding hydrogens is 447 g/mol. The summed E-state index contributed by atoms with van der Waals surface area (Å²) < 4.78 is 13.7. The zero-order valence-corrected chi connectivity index (χ0v) is 18.9. The first-order chi connectivity index (χ1) is 15.9. The van der Waals surface area contributed by atoms with E-state index in [1.165, 1.54) is 12.1 Å². The molecule has 1 aromatic carbocycles. The molecule has 1 aromatic heterocycles. The van der Waals surface area contributed by atoms with Crippen LogP contribution in [0, 0.1) is 29.0 Å². The van der Waals surface area contributed by atoms with Gasteiger partial charge >= 0.3 is 0 Å². The molecule has 2 aliphatic rings. The second kappa shape index (κ2) is 9.92. The number of hydrogen-bond donors (Lipinski definition) is 3. The first-order valence-corrected chi connectivity index (χ1v) is 11.7. The SMILES string of the molecule is N#C[C@H](C[C@@H]1CCCCC1=O)NC(=O)[C@H](CC1CC1)NC(=O)c1cc2ccc(F)c(Cl)c2[nH]1. The highest BCUT2D eigenvalue weighted by Crippen LogP contribution is 2.34. The van der Waals surface area contributed by atoms with Crippen molar-refractivity contribution in [2.75, 3.05) is 0 Å². The summed E-state index contributed by atoms with van der Waals surface area (Å²) in [7, 11) is 0. The fraction of sp³-hybridized carbons (Fsp3) is 0.500. The number of carbonyl (C=O) groups is 3. The maximum absolute atomic E-state index is 13.7. The molecule has 3 N–H and O–H groups in total. The third-order valence-electron chi connectivity index (χ3n) is 6.49. The Balaban J connectivity index is 1.44. The highest BCUT2D eigenvalue weighted by Gasteiger charge is 2.33. The van der Waals surface area contributed by atoms with Gasteiger partial charge in [-0.25, -0.2) is 4.39 Å². The third kappa shape index (κ3) is 5.53. The molecule has 0 aliphatic heterocycles. The molecule has 2 amide bonds. The lowest BCUT2D eigenvalue weighted by atomic mass is 9.84. The van der Waals surface area contributed by atoms with Gasteiger partial charge in [0.25, 0.3) is 5.91 Å². The Kier molecular flexibility index (Phi) is 6.99. The van der Waals surface area contributed by atoms with E-state index in [9.17, 15) is 24.0 Å². The molecule has 33 heavy (non-hydrogen) atoms. The summed E-state index contributed by atoms with van der Waals surface area (Å²) in [5.74, 6) is -1.27. The second-order valence-corrected chi connectivity index (χ2v) is 9.43. The summed E-state index contributed by atoms with van der Waals surface area (Å²) in [6, 6.07) is 4.77. The molecule has 0 radical (unpaired) electrons. The summed E-state index contributed by atoms with van der Waals surface area (Å²) in [5, 5.41) is 15.5. The molecule has 0 spiro atoms. The van der Waals surface area contributed by atoms with Crippen LogP contribution >= 0.6 is 11.6 Å². The molecule has 3 atom stereocenters. The number of rotatable bonds is 8. The Labute approximate surface area is 196 Å². The summed E-state index contributed by atoms with van der Waals surface area (Å²) in [6.45, 7) is 0. The zero-order valence-electron chi connectivity index (χ0n) is 18.1. The summed E-state index contributed by atoms with van der Waals surface area (Å²) >= 11 is 5.98. The number of Topliss-reactive ketones (excluding diaryl/α,β-unsaturated/α-hetero) is 1. The molecule has 9 heteroatoms. The molecule has 2 aromatic rings. The van der Waals surface area contributed by atoms with Gasteiger partial charge in [0.1, 0.15) is 34.4 Å². The van der Waals surface area contributed by atoms with Gasteiger partial charge in [-0.15, -0.1) is 0 Å². The van der Waals surface area contributed by atoms with Crippen molar-refractivity contribution in [2.24, 2.45) is 11.8 Å². The van der Waals surface area contributed by atoms with Crippen LogP contribution in [0.25, 0.3) is 10.9 Å². The van der Waals surface area contributed by atoms with Gasteiger partial charge in [0.05, 0.1) is 11.6 Å². The summed E-state index contributed by atoms with van der Waals surface area (Å²) in [6.07, 6.45) is 5.80. The van der Waals surface area contributed by atoms with Gasteiger partial charge in [-0.05, 0) is 49.8 Å². The average Bonchev–Trinajstić information content (AvgIpc) is 3.51. The van der Waals surface area contributed by atoms with Gasteiger partial charge in [0, 0.05) is 17.7 Å². The Morgan fingerprint density at radius 2 is 2.00 bits per heavy atom. The lowest BCUT2D eigenvalue weighted by molar-refractivity contribution is -0.126. The summed E-state index contributed by atoms with van der Waals surface area (Å²) in [4.78, 5) is 40.8. The number of carbonyl (C=O) groups excluding carboxylic acids is 3. The highest BCUT2D eigenvalue weighted by molar-refractivity contribution is 6.35. The molecule has 0 bridgehead atoms. The van der Waals surface area contributed by atoms with E-state index in [1.54, 1.807) is 6.07 Å². The van der Waals surface area contributed by atoms with Gasteiger partial charge in [0.15, 0.2) is 0 Å². The van der Waals surface area contributed by atoms with Crippen LogP contribution in [0.5, 0.6) is 0 Å². The third-order valence-corrected chi connectivity index (χ3v) is 6.86. The van der Waals surface area contributed by atoms with Crippen LogP contribution < -0.4 is 10.6 Å². The molecule has 7 nitrogen and oxygen atoms in total. The van der Waals surface area contributed by atoms with Gasteiger partial charge < -0.3 is 15.6 Å². The van der Waals surface area contributed by atoms with E-state index < -0.39 is 29.7 Å². The quantitative estimate of drug-likeness (QED) is 0.538. The summed E-state index contributed by atoms with van der Waals surface area (Å²) in [5.41, 5.74) is 0.474. The Bertz CT molecular complexity index is 1120. The number of hydrogen-bond acceptors (Lipinski definition) is 4. The Morgan fingerprint density at radius 1 is 1.21 bits per heavy atom. The number of aromatic amines is 1. The van der Waals surface area contributed by atoms with E-state index in [0.717, 1.165) is 32.1 Å². The van der Waals surface area contributed by atoms with Crippen LogP contribution in [0.3, 0.4) is 0 Å². The lowest BCUT2D eigenvalue weighted by Crippen LogP contribution is -2.50. The number of nitriles is 1. The number of amides is 2. The molecule has 174 valence electrons. The van der Waals surface area contributed by atoms with E-state index in [1.807, 2.05) is 0 Å². The number of H-pyrrole nitrogens is 1. The van der Waals surface area contributed by atoms with Crippen LogP contribution in [0.1, 0.15) is 61.9 Å². The predicted octanol–water partition coefficient (Wildman–Crippen LogP) is 4.02. The predicted molar refractivity (Wildman–Crippen MR) is 121 cm³/mol. The number of aromatic nitrogens is 1. The Hall–Kier alpha value is -2.92. The van der Waals surface area contributed by atoms with Crippen LogP contribution in [0.2, 0.25) is 5.02 Å². The van der Waals surface area contributed by atoms with Crippen LogP contribution in [-0.2, 0) is 9.59 Å². The monoisotopic (exact) mass is 472 g/mol. The molecule has 0 unspecified atom stereocenters. The zero-order chi connectivity index (χ0) is 23.5. The number of nitrogens with one attached hydrogen (secondary N) is 3. The molecule has 2 saturated carbocycles. The van der Waals surface area contributed by atoms with E-state index in [2.05, 4.69) is 21.7 Å². The molecule has 4 rings (SSSR count). The standard InChI is InChI=1S/C24H26ClFN4O3/c25-21-17(26)8-7-15-11-19(29-22(15)21)24(33)30-18(9-13-5-6-13)23(32)28-16(12-27)10-14-3-1-2-4-20(14)31/h7-8,11,13-14,16,18,29H,1-6,9-10H2,(H,28,32)(H,30,33)/t14-,16-,18-/m0/s1. The minimum Gasteiger partial charge on any atom is -0.349 e. The maximum Gasteiger partial charge on any atom is 0.268 e. The first kappa shape index (κ1) is 23.2. The fourth-order valence-corrected chi connectivity index (χ4v) is 4.64. The fourth-order valence-electron chi connectivity index (χ4n) is 4.42. The van der Waals surface area contributed by atoms with Crippen molar-refractivity contribution in [1.82, 2.24) is 15.6 Å². The highest BCUT2D eigenvalue weighted by atomic mass is 35.5. The van der Waals surface area contributed by atoms with E-state index in [-0.39, 0.29) is 28.8 Å². The van der Waals surface area contributed by atoms with Gasteiger partial charge in [-0.1, -0.05) is 30.9 Å². The maximum atomic E-state index is 13.7. The number of fused-ring (bicyclic) bond motifs is 1. The minimum absolute atomic E-state index is 0.104. The largest absolute Gasteiger partial charge is 0.349 e. The van der Waals surface area contributed by atoms with Crippen molar-refractivity contribution in [2.45, 2.75) is 63.5 Å².